The van der Waals surface area contributed by atoms with Crippen LogP contribution in [0, 0.1) is 0 Å². The number of likely N-dealkylation sites (N-methyl/N-ethyl adjacent to an activating group) is 1. The van der Waals surface area contributed by atoms with Crippen LogP contribution in [0.1, 0.15) is 29.6 Å². The molecule has 1 amide bonds. The number of aliphatic hydroxyl groups is 1. The van der Waals surface area contributed by atoms with Crippen LogP contribution in [0.2, 0.25) is 0 Å². The van der Waals surface area contributed by atoms with Gasteiger partial charge in [-0.15, -0.1) is 0 Å². The van der Waals surface area contributed by atoms with Crippen LogP contribution in [0.4, 0.5) is 0 Å². The second-order valence-corrected chi connectivity index (χ2v) is 8.76. The highest BCUT2D eigenvalue weighted by Crippen LogP contribution is 2.27. The minimum Gasteiger partial charge on any atom is -0.389 e. The molecule has 8 heteroatoms. The quantitative estimate of drug-likeness (QED) is 0.789. The first-order valence-corrected chi connectivity index (χ1v) is 9.81. The number of nitrogens with one attached hydrogen (secondary N) is 1. The van der Waals surface area contributed by atoms with Crippen LogP contribution in [0.5, 0.6) is 0 Å². The molecule has 1 aliphatic rings. The summed E-state index contributed by atoms with van der Waals surface area (Å²) in [5.74, 6) is -0.326. The maximum atomic E-state index is 12.9. The van der Waals surface area contributed by atoms with Gasteiger partial charge in [0.25, 0.3) is 5.91 Å². The van der Waals surface area contributed by atoms with E-state index in [1.165, 1.54) is 23.5 Å². The van der Waals surface area contributed by atoms with E-state index in [-0.39, 0.29) is 17.3 Å². The number of sulfonamides is 1. The Balaban J connectivity index is 2.21. The number of carbonyl (C=O) groups excluding carboxylic acids is 1. The Morgan fingerprint density at radius 1 is 1.32 bits per heavy atom. The maximum absolute atomic E-state index is 12.9. The van der Waals surface area contributed by atoms with Crippen LogP contribution < -0.4 is 5.32 Å². The van der Waals surface area contributed by atoms with E-state index in [1.807, 2.05) is 19.0 Å². The summed E-state index contributed by atoms with van der Waals surface area (Å²) in [4.78, 5) is 13.8. The van der Waals surface area contributed by atoms with E-state index in [0.29, 0.717) is 37.9 Å². The fourth-order valence-electron chi connectivity index (χ4n) is 3.23. The minimum atomic E-state index is -3.70. The lowest BCUT2D eigenvalue weighted by atomic mass is 9.94. The van der Waals surface area contributed by atoms with E-state index >= 15 is 0 Å². The van der Waals surface area contributed by atoms with E-state index < -0.39 is 15.6 Å². The lowest BCUT2D eigenvalue weighted by molar-refractivity contribution is 0.00405. The van der Waals surface area contributed by atoms with Crippen molar-refractivity contribution in [2.45, 2.75) is 29.8 Å². The molecule has 1 heterocycles. The van der Waals surface area contributed by atoms with E-state index in [4.69, 9.17) is 0 Å². The first-order valence-electron chi connectivity index (χ1n) is 8.37. The first-order chi connectivity index (χ1) is 11.7. The summed E-state index contributed by atoms with van der Waals surface area (Å²) >= 11 is 0. The van der Waals surface area contributed by atoms with Gasteiger partial charge in [-0.25, -0.2) is 8.42 Å². The van der Waals surface area contributed by atoms with Gasteiger partial charge in [0.2, 0.25) is 10.0 Å². The molecule has 7 nitrogen and oxygen atoms in total. The standard InChI is InChI=1S/C17H27N3O4S/c1-18-16(21)14-6-4-7-15(12-14)25(23,24)20-10-5-8-17(22,9-11-20)13-19(2)3/h4,6-7,12,22H,5,8-11,13H2,1-3H3,(H,18,21)/t17-/m1/s1. The zero-order chi connectivity index (χ0) is 18.7. The molecule has 1 saturated heterocycles. The highest BCUT2D eigenvalue weighted by molar-refractivity contribution is 7.89. The number of carbonyl (C=O) groups is 1. The summed E-state index contributed by atoms with van der Waals surface area (Å²) in [6.45, 7) is 1.13. The average Bonchev–Trinajstić information content (AvgIpc) is 2.75. The van der Waals surface area contributed by atoms with Crippen molar-refractivity contribution in [1.29, 1.82) is 0 Å². The molecule has 0 bridgehead atoms. The first kappa shape index (κ1) is 19.8. The van der Waals surface area contributed by atoms with Crippen LogP contribution >= 0.6 is 0 Å². The van der Waals surface area contributed by atoms with Crippen molar-refractivity contribution >= 4 is 15.9 Å². The predicted octanol–water partition coefficient (Wildman–Crippen LogP) is 0.514. The van der Waals surface area contributed by atoms with Gasteiger partial charge in [0.15, 0.2) is 0 Å². The molecule has 0 unspecified atom stereocenters. The molecule has 0 aliphatic carbocycles. The van der Waals surface area contributed by atoms with Crippen LogP contribution in [0.15, 0.2) is 29.2 Å². The molecular formula is C17H27N3O4S. The van der Waals surface area contributed by atoms with E-state index in [1.54, 1.807) is 12.1 Å². The molecule has 25 heavy (non-hydrogen) atoms. The summed E-state index contributed by atoms with van der Waals surface area (Å²) < 4.78 is 27.3. The van der Waals surface area contributed by atoms with E-state index in [2.05, 4.69) is 5.32 Å². The largest absolute Gasteiger partial charge is 0.389 e. The van der Waals surface area contributed by atoms with Crippen molar-refractivity contribution in [2.24, 2.45) is 0 Å². The van der Waals surface area contributed by atoms with E-state index in [9.17, 15) is 18.3 Å². The number of amides is 1. The summed E-state index contributed by atoms with van der Waals surface area (Å²) in [5.41, 5.74) is -0.569. The Labute approximate surface area is 149 Å². The lowest BCUT2D eigenvalue weighted by Gasteiger charge is -2.29. The summed E-state index contributed by atoms with van der Waals surface area (Å²) in [6.07, 6.45) is 1.55. The molecule has 0 radical (unpaired) electrons. The van der Waals surface area contributed by atoms with Crippen LogP contribution in [-0.2, 0) is 10.0 Å². The van der Waals surface area contributed by atoms with E-state index in [0.717, 1.165) is 0 Å². The Bertz CT molecular complexity index is 720. The molecular weight excluding hydrogens is 342 g/mol. The molecule has 1 fully saturated rings. The fraction of sp³-hybridized carbons (Fsp3) is 0.588. The van der Waals surface area contributed by atoms with Gasteiger partial charge in [0.05, 0.1) is 10.5 Å². The average molecular weight is 369 g/mol. The van der Waals surface area contributed by atoms with Gasteiger partial charge in [0, 0.05) is 32.2 Å². The Kier molecular flexibility index (Phi) is 6.21. The molecule has 2 rings (SSSR count). The van der Waals surface area contributed by atoms with Gasteiger partial charge in [-0.2, -0.15) is 4.31 Å². The van der Waals surface area contributed by atoms with Crippen molar-refractivity contribution in [3.8, 4) is 0 Å². The van der Waals surface area contributed by atoms with Gasteiger partial charge in [-0.1, -0.05) is 6.07 Å². The molecule has 1 aromatic rings. The van der Waals surface area contributed by atoms with Gasteiger partial charge >= 0.3 is 0 Å². The maximum Gasteiger partial charge on any atom is 0.251 e. The van der Waals surface area contributed by atoms with Crippen molar-refractivity contribution in [3.05, 3.63) is 29.8 Å². The molecule has 0 spiro atoms. The number of nitrogens with zero attached hydrogens (tertiary/aromatic N) is 2. The Morgan fingerprint density at radius 3 is 2.68 bits per heavy atom. The lowest BCUT2D eigenvalue weighted by Crippen LogP contribution is -2.41. The fourth-order valence-corrected chi connectivity index (χ4v) is 4.76. The third-order valence-corrected chi connectivity index (χ3v) is 6.34. The highest BCUT2D eigenvalue weighted by Gasteiger charge is 2.34. The second-order valence-electron chi connectivity index (χ2n) is 6.83. The van der Waals surface area contributed by atoms with Gasteiger partial charge in [-0.05, 0) is 51.6 Å². The molecule has 2 N–H and O–H groups in total. The summed E-state index contributed by atoms with van der Waals surface area (Å²) in [7, 11) is 1.59. The number of rotatable bonds is 5. The summed E-state index contributed by atoms with van der Waals surface area (Å²) in [5, 5.41) is 13.2. The Hall–Kier alpha value is -1.48. The van der Waals surface area contributed by atoms with Gasteiger partial charge in [0.1, 0.15) is 0 Å². The van der Waals surface area contributed by atoms with Gasteiger partial charge in [-0.3, -0.25) is 4.79 Å². The third kappa shape index (κ3) is 4.78. The Morgan fingerprint density at radius 2 is 2.04 bits per heavy atom. The number of hydrogen-bond donors (Lipinski definition) is 2. The highest BCUT2D eigenvalue weighted by atomic mass is 32.2. The molecule has 1 aliphatic heterocycles. The molecule has 0 aromatic heterocycles. The van der Waals surface area contributed by atoms with Crippen molar-refractivity contribution in [2.75, 3.05) is 40.8 Å². The molecule has 1 atom stereocenters. The molecule has 1 aromatic carbocycles. The van der Waals surface area contributed by atoms with Crippen LogP contribution in [0.3, 0.4) is 0 Å². The monoisotopic (exact) mass is 369 g/mol. The third-order valence-electron chi connectivity index (χ3n) is 4.45. The molecule has 140 valence electrons. The SMILES string of the molecule is CNC(=O)c1cccc(S(=O)(=O)N2CCC[C@](O)(CN(C)C)CC2)c1. The van der Waals surface area contributed by atoms with Crippen molar-refractivity contribution in [1.82, 2.24) is 14.5 Å². The predicted molar refractivity (Wildman–Crippen MR) is 95.9 cm³/mol. The van der Waals surface area contributed by atoms with Gasteiger partial charge < -0.3 is 15.3 Å². The zero-order valence-corrected chi connectivity index (χ0v) is 15.8. The second kappa shape index (κ2) is 7.82. The number of benzene rings is 1. The minimum absolute atomic E-state index is 0.103. The zero-order valence-electron chi connectivity index (χ0n) is 15.0. The number of hydrogen-bond acceptors (Lipinski definition) is 5. The topological polar surface area (TPSA) is 90.0 Å². The van der Waals surface area contributed by atoms with Crippen LogP contribution in [0.25, 0.3) is 0 Å². The molecule has 0 saturated carbocycles. The van der Waals surface area contributed by atoms with Crippen molar-refractivity contribution in [3.63, 3.8) is 0 Å². The van der Waals surface area contributed by atoms with Crippen molar-refractivity contribution < 1.29 is 18.3 Å². The smallest absolute Gasteiger partial charge is 0.251 e. The summed E-state index contributed by atoms with van der Waals surface area (Å²) in [6, 6.07) is 6.04. The van der Waals surface area contributed by atoms with Crippen LogP contribution in [-0.4, -0.2) is 75.0 Å². The normalized spacial score (nSPS) is 22.6.